The van der Waals surface area contributed by atoms with Crippen molar-refractivity contribution in [2.75, 3.05) is 46.6 Å². The van der Waals surface area contributed by atoms with Gasteiger partial charge in [-0.3, -0.25) is 19.6 Å². The topological polar surface area (TPSA) is 212 Å². The largest absolute Gasteiger partial charge is 0.447 e. The summed E-state index contributed by atoms with van der Waals surface area (Å²) in [6, 6.07) is 7.50. The number of carbonyl (C=O) groups is 2. The number of carbonyl (C=O) groups excluding carboxylic acids is 2. The summed E-state index contributed by atoms with van der Waals surface area (Å²) in [5.41, 5.74) is -15.4. The Morgan fingerprint density at radius 2 is 0.848 bits per heavy atom. The second-order valence-electron chi connectivity index (χ2n) is 16.9. The third kappa shape index (κ3) is 12.8. The van der Waals surface area contributed by atoms with E-state index in [-0.39, 0.29) is 0 Å². The first kappa shape index (κ1) is 56.7. The number of nitrogens with zero attached hydrogens (tertiary/aromatic N) is 12. The van der Waals surface area contributed by atoms with E-state index in [0.717, 1.165) is 36.4 Å². The molecule has 8 rings (SSSR count). The minimum Gasteiger partial charge on any atom is -0.447 e. The molecule has 0 bridgehead atoms. The van der Waals surface area contributed by atoms with Crippen LogP contribution in [0.4, 0.5) is 114 Å². The molecular weight excluding hydrogens is 1120 g/mol. The van der Waals surface area contributed by atoms with E-state index in [1.165, 1.54) is 0 Å². The van der Waals surface area contributed by atoms with Crippen LogP contribution in [0, 0.1) is 0 Å². The molecule has 0 amide bonds. The fourth-order valence-electron chi connectivity index (χ4n) is 7.65. The Morgan fingerprint density at radius 3 is 1.19 bits per heavy atom. The van der Waals surface area contributed by atoms with E-state index in [1.807, 2.05) is 0 Å². The monoisotopic (exact) mass is 1150 g/mol. The van der Waals surface area contributed by atoms with Gasteiger partial charge in [0.25, 0.3) is 0 Å². The average Bonchev–Trinajstić information content (AvgIpc) is 4.26. The Balaban J connectivity index is 1.03. The zero-order valence-electron chi connectivity index (χ0n) is 38.7. The molecule has 2 N–H and O–H groups in total. The fraction of sp³-hybridized carbons (Fsp3) is 0.349. The highest BCUT2D eigenvalue weighted by Crippen LogP contribution is 2.45. The first-order valence-corrected chi connectivity index (χ1v) is 21.9. The van der Waals surface area contributed by atoms with E-state index in [4.69, 9.17) is 9.47 Å². The molecule has 6 aromatic heterocycles. The average molecular weight is 1150 g/mol. The quantitative estimate of drug-likeness (QED) is 0.0663. The van der Waals surface area contributed by atoms with Gasteiger partial charge in [-0.2, -0.15) is 109 Å². The van der Waals surface area contributed by atoms with Gasteiger partial charge >= 0.3 is 49.0 Å². The molecule has 79 heavy (non-hydrogen) atoms. The Kier molecular flexibility index (Phi) is 14.6. The van der Waals surface area contributed by atoms with Crippen LogP contribution >= 0.6 is 0 Å². The van der Waals surface area contributed by atoms with Crippen molar-refractivity contribution in [1.82, 2.24) is 49.8 Å². The summed E-state index contributed by atoms with van der Waals surface area (Å²) >= 11 is 0. The Bertz CT molecular complexity index is 3050. The summed E-state index contributed by atoms with van der Waals surface area (Å²) in [4.78, 5) is 64.3. The Hall–Kier alpha value is -8.50. The SMILES string of the molecule is O=C(CC(=O)O[C@@]1(C(F)(F)F)CCN(c2nc(Nc3ccnc(C(F)(F)F)c3)nc(-c3cccc(C(F)(F)F)n3)n2)C1)O[C@@]1(C(F)(F)F)CCN(c2nc(Nc3ccnc(C(F)(F)F)c3)nc(-c3cccc(C(F)(F)F)n3)n2)C1. The summed E-state index contributed by atoms with van der Waals surface area (Å²) in [6.07, 6.45) is -34.2. The maximum absolute atomic E-state index is 15.0. The molecule has 0 radical (unpaired) electrons. The Morgan fingerprint density at radius 1 is 0.481 bits per heavy atom. The van der Waals surface area contributed by atoms with Crippen LogP contribution in [0.25, 0.3) is 23.0 Å². The van der Waals surface area contributed by atoms with Crippen molar-refractivity contribution in [3.05, 3.63) is 95.8 Å². The standard InChI is InChI=1S/C43H28F18N14O4/c44-38(45,46)24-5-1-3-22(66-24)30-68-32(64-20-7-11-62-26(15-20)40(50,51)52)72-34(70-30)74-13-9-36(18-74,42(56,57)58)78-28(76)17-29(77)79-37(43(59,60)61)10-14-75(19-37)35-71-31(23-4-2-6-25(67-23)39(47,48)49)69-33(73-35)65-21-8-12-63-27(16-21)41(53,54)55/h1-8,11-12,15-16H,9-10,13-14,17-19H2,(H,62,64,68,70,72)(H,63,65,69,71,73)/t36-,37-/m0/s1. The van der Waals surface area contributed by atoms with Crippen LogP contribution in [0.1, 0.15) is 42.0 Å². The van der Waals surface area contributed by atoms with E-state index in [1.54, 1.807) is 0 Å². The summed E-state index contributed by atoms with van der Waals surface area (Å²) < 4.78 is 262. The number of halogens is 18. The normalized spacial score (nSPS) is 18.4. The number of ether oxygens (including phenoxy) is 2. The number of esters is 2. The first-order valence-electron chi connectivity index (χ1n) is 21.9. The van der Waals surface area contributed by atoms with Gasteiger partial charge in [-0.25, -0.2) is 9.97 Å². The molecule has 0 spiro atoms. The molecule has 2 fully saturated rings. The zero-order chi connectivity index (χ0) is 57.7. The maximum Gasteiger partial charge on any atom is 0.433 e. The van der Waals surface area contributed by atoms with Crippen LogP contribution in [0.5, 0.6) is 0 Å². The number of aromatic nitrogens is 10. The third-order valence-corrected chi connectivity index (χ3v) is 11.4. The number of hydrogen-bond donors (Lipinski definition) is 2. The van der Waals surface area contributed by atoms with E-state index in [2.05, 4.69) is 60.5 Å². The number of nitrogens with one attached hydrogen (secondary N) is 2. The van der Waals surface area contributed by atoms with Gasteiger partial charge in [-0.05, 0) is 48.5 Å². The van der Waals surface area contributed by atoms with Crippen molar-refractivity contribution in [3.63, 3.8) is 0 Å². The molecule has 8 heterocycles. The van der Waals surface area contributed by atoms with Gasteiger partial charge in [0.2, 0.25) is 35.0 Å². The van der Waals surface area contributed by atoms with E-state index >= 15 is 26.3 Å². The molecule has 0 saturated carbocycles. The minimum atomic E-state index is -5.58. The van der Waals surface area contributed by atoms with Gasteiger partial charge in [-0.1, -0.05) is 12.1 Å². The molecule has 2 aliphatic heterocycles. The third-order valence-electron chi connectivity index (χ3n) is 11.4. The van der Waals surface area contributed by atoms with Gasteiger partial charge < -0.3 is 29.9 Å². The van der Waals surface area contributed by atoms with Crippen LogP contribution in [0.3, 0.4) is 0 Å². The van der Waals surface area contributed by atoms with Gasteiger partial charge in [0.05, 0.1) is 13.1 Å². The molecular formula is C43H28F18N14O4. The number of rotatable bonds is 12. The molecule has 0 unspecified atom stereocenters. The molecule has 0 aromatic carbocycles. The van der Waals surface area contributed by atoms with Crippen LogP contribution in [0.15, 0.2) is 73.1 Å². The van der Waals surface area contributed by atoms with Crippen molar-refractivity contribution in [2.45, 2.75) is 67.5 Å². The van der Waals surface area contributed by atoms with Crippen molar-refractivity contribution < 1.29 is 98.1 Å². The lowest BCUT2D eigenvalue weighted by molar-refractivity contribution is -0.267. The van der Waals surface area contributed by atoms with E-state index < -0.39 is 187 Å². The molecule has 0 aliphatic carbocycles. The Labute approximate surface area is 427 Å². The second-order valence-corrected chi connectivity index (χ2v) is 16.9. The molecule has 420 valence electrons. The van der Waals surface area contributed by atoms with E-state index in [0.29, 0.717) is 46.5 Å². The number of pyridine rings is 4. The van der Waals surface area contributed by atoms with Gasteiger partial charge in [-0.15, -0.1) is 0 Å². The highest BCUT2D eigenvalue weighted by atomic mass is 19.4. The molecule has 2 saturated heterocycles. The lowest BCUT2D eigenvalue weighted by Crippen LogP contribution is -2.52. The molecule has 2 atom stereocenters. The zero-order valence-corrected chi connectivity index (χ0v) is 38.7. The summed E-state index contributed by atoms with van der Waals surface area (Å²) in [6.45, 7) is -4.60. The van der Waals surface area contributed by atoms with Crippen molar-refractivity contribution in [3.8, 4) is 23.0 Å². The number of anilines is 6. The van der Waals surface area contributed by atoms with Crippen LogP contribution in [0.2, 0.25) is 0 Å². The number of alkyl halides is 18. The highest BCUT2D eigenvalue weighted by molar-refractivity contribution is 5.91. The molecule has 18 nitrogen and oxygen atoms in total. The van der Waals surface area contributed by atoms with E-state index in [9.17, 15) is 62.3 Å². The van der Waals surface area contributed by atoms with Crippen LogP contribution in [-0.2, 0) is 43.8 Å². The summed E-state index contributed by atoms with van der Waals surface area (Å²) in [7, 11) is 0. The van der Waals surface area contributed by atoms with Crippen LogP contribution in [-0.4, -0.2) is 112 Å². The second kappa shape index (κ2) is 20.4. The predicted octanol–water partition coefficient (Wildman–Crippen LogP) is 9.73. The lowest BCUT2D eigenvalue weighted by Gasteiger charge is -2.32. The van der Waals surface area contributed by atoms with Crippen molar-refractivity contribution in [2.24, 2.45) is 0 Å². The van der Waals surface area contributed by atoms with Gasteiger partial charge in [0.15, 0.2) is 11.6 Å². The van der Waals surface area contributed by atoms with Crippen LogP contribution < -0.4 is 20.4 Å². The predicted molar refractivity (Wildman–Crippen MR) is 229 cm³/mol. The summed E-state index contributed by atoms with van der Waals surface area (Å²) in [5.74, 6) is -8.93. The minimum absolute atomic E-state index is 0.435. The maximum atomic E-state index is 15.0. The van der Waals surface area contributed by atoms with Crippen molar-refractivity contribution in [1.29, 1.82) is 0 Å². The smallest absolute Gasteiger partial charge is 0.433 e. The number of hydrogen-bond acceptors (Lipinski definition) is 18. The van der Waals surface area contributed by atoms with Crippen molar-refractivity contribution >= 4 is 47.1 Å². The molecule has 36 heteroatoms. The summed E-state index contributed by atoms with van der Waals surface area (Å²) in [5, 5.41) is 4.65. The molecule has 6 aromatic rings. The lowest BCUT2D eigenvalue weighted by atomic mass is 10.0. The first-order chi connectivity index (χ1) is 36.6. The fourth-order valence-corrected chi connectivity index (χ4v) is 7.65. The van der Waals surface area contributed by atoms with Gasteiger partial charge in [0, 0.05) is 49.7 Å². The highest BCUT2D eigenvalue weighted by Gasteiger charge is 2.64. The van der Waals surface area contributed by atoms with Gasteiger partial charge in [0.1, 0.15) is 40.6 Å². The molecule has 2 aliphatic rings.